The first-order valence-electron chi connectivity index (χ1n) is 8.20. The highest BCUT2D eigenvalue weighted by molar-refractivity contribution is 5.71. The molecule has 2 heterocycles. The number of nitriles is 1. The highest BCUT2D eigenvalue weighted by atomic mass is 16.1. The number of hydrogen-bond acceptors (Lipinski definition) is 4. The fourth-order valence-electron chi connectivity index (χ4n) is 2.99. The van der Waals surface area contributed by atoms with Crippen LogP contribution in [0.15, 0.2) is 65.6 Å². The summed E-state index contributed by atoms with van der Waals surface area (Å²) in [6, 6.07) is 18.8. The van der Waals surface area contributed by atoms with Crippen LogP contribution < -0.4 is 5.69 Å². The van der Waals surface area contributed by atoms with Crippen LogP contribution in [0.3, 0.4) is 0 Å². The summed E-state index contributed by atoms with van der Waals surface area (Å²) in [6.45, 7) is 1.96. The molecule has 0 saturated carbocycles. The molecule has 1 unspecified atom stereocenters. The van der Waals surface area contributed by atoms with Crippen molar-refractivity contribution in [2.75, 3.05) is 0 Å². The van der Waals surface area contributed by atoms with E-state index in [0.717, 1.165) is 11.1 Å². The molecule has 26 heavy (non-hydrogen) atoms. The second kappa shape index (κ2) is 6.30. The van der Waals surface area contributed by atoms with Crippen molar-refractivity contribution in [3.05, 3.63) is 82.4 Å². The van der Waals surface area contributed by atoms with Gasteiger partial charge in [-0.2, -0.15) is 5.26 Å². The molecule has 1 atom stereocenters. The summed E-state index contributed by atoms with van der Waals surface area (Å²) >= 11 is 0. The molecule has 0 aliphatic heterocycles. The van der Waals surface area contributed by atoms with Crippen molar-refractivity contribution in [2.45, 2.75) is 13.0 Å². The molecular formula is C20H15N5O. The number of imidazole rings is 1. The normalized spacial score (nSPS) is 12.0. The van der Waals surface area contributed by atoms with Gasteiger partial charge in [0.1, 0.15) is 0 Å². The van der Waals surface area contributed by atoms with E-state index < -0.39 is 0 Å². The second-order valence-corrected chi connectivity index (χ2v) is 6.00. The monoisotopic (exact) mass is 341 g/mol. The molecule has 4 aromatic rings. The van der Waals surface area contributed by atoms with E-state index in [1.165, 1.54) is 0 Å². The lowest BCUT2D eigenvalue weighted by Crippen LogP contribution is -2.21. The third kappa shape index (κ3) is 2.66. The Labute approximate surface area is 149 Å². The first kappa shape index (κ1) is 15.8. The standard InChI is InChI=1S/C20H15N5O/c1-13(15-5-3-2-4-6-15)25-19-18(24-20(25)26)22-12-17(23-19)16-9-7-14(11-21)8-10-16/h2-10,12-13H,1H3,(H,22,24,26). The summed E-state index contributed by atoms with van der Waals surface area (Å²) in [6.07, 6.45) is 1.62. The van der Waals surface area contributed by atoms with Gasteiger partial charge in [0.05, 0.1) is 29.6 Å². The van der Waals surface area contributed by atoms with E-state index >= 15 is 0 Å². The maximum absolute atomic E-state index is 12.5. The first-order valence-corrected chi connectivity index (χ1v) is 8.20. The minimum Gasteiger partial charge on any atom is -0.289 e. The summed E-state index contributed by atoms with van der Waals surface area (Å²) in [5, 5.41) is 8.93. The zero-order valence-electron chi connectivity index (χ0n) is 14.0. The van der Waals surface area contributed by atoms with Crippen LogP contribution in [0.5, 0.6) is 0 Å². The number of fused-ring (bicyclic) bond motifs is 1. The first-order chi connectivity index (χ1) is 12.7. The Morgan fingerprint density at radius 1 is 1.12 bits per heavy atom. The lowest BCUT2D eigenvalue weighted by molar-refractivity contribution is 0.631. The van der Waals surface area contributed by atoms with Crippen molar-refractivity contribution in [2.24, 2.45) is 0 Å². The molecule has 126 valence electrons. The van der Waals surface area contributed by atoms with Gasteiger partial charge in [-0.15, -0.1) is 0 Å². The highest BCUT2D eigenvalue weighted by Gasteiger charge is 2.17. The van der Waals surface area contributed by atoms with Crippen LogP contribution >= 0.6 is 0 Å². The van der Waals surface area contributed by atoms with Gasteiger partial charge in [0.2, 0.25) is 0 Å². The van der Waals surface area contributed by atoms with E-state index in [1.807, 2.05) is 49.4 Å². The van der Waals surface area contributed by atoms with E-state index in [9.17, 15) is 4.79 Å². The van der Waals surface area contributed by atoms with E-state index in [-0.39, 0.29) is 11.7 Å². The van der Waals surface area contributed by atoms with Crippen LogP contribution in [0.2, 0.25) is 0 Å². The van der Waals surface area contributed by atoms with Crippen LogP contribution in [0.25, 0.3) is 22.6 Å². The topological polar surface area (TPSA) is 87.4 Å². The molecule has 0 aliphatic rings. The van der Waals surface area contributed by atoms with E-state index in [0.29, 0.717) is 22.6 Å². The van der Waals surface area contributed by atoms with Crippen molar-refractivity contribution >= 4 is 11.3 Å². The molecule has 2 aromatic heterocycles. The van der Waals surface area contributed by atoms with Crippen molar-refractivity contribution in [1.29, 1.82) is 5.26 Å². The van der Waals surface area contributed by atoms with Gasteiger partial charge in [0, 0.05) is 5.56 Å². The van der Waals surface area contributed by atoms with Crippen LogP contribution in [0.1, 0.15) is 24.1 Å². The van der Waals surface area contributed by atoms with Crippen LogP contribution in [0, 0.1) is 11.3 Å². The Bertz CT molecular complexity index is 1170. The van der Waals surface area contributed by atoms with Gasteiger partial charge in [0.15, 0.2) is 11.3 Å². The van der Waals surface area contributed by atoms with Gasteiger partial charge in [-0.25, -0.2) is 14.8 Å². The summed E-state index contributed by atoms with van der Waals surface area (Å²) in [4.78, 5) is 24.2. The predicted octanol–water partition coefficient (Wildman–Crippen LogP) is 3.27. The summed E-state index contributed by atoms with van der Waals surface area (Å²) < 4.78 is 1.62. The predicted molar refractivity (Wildman–Crippen MR) is 98.6 cm³/mol. The minimum absolute atomic E-state index is 0.178. The molecule has 1 N–H and O–H groups in total. The number of benzene rings is 2. The zero-order valence-corrected chi connectivity index (χ0v) is 14.0. The van der Waals surface area contributed by atoms with Crippen LogP contribution in [0.4, 0.5) is 0 Å². The molecule has 4 rings (SSSR count). The largest absolute Gasteiger partial charge is 0.329 e. The van der Waals surface area contributed by atoms with Crippen molar-refractivity contribution in [1.82, 2.24) is 19.5 Å². The van der Waals surface area contributed by atoms with E-state index in [2.05, 4.69) is 21.0 Å². The molecule has 0 spiro atoms. The average Bonchev–Trinajstić information content (AvgIpc) is 3.03. The smallest absolute Gasteiger partial charge is 0.289 e. The Kier molecular flexibility index (Phi) is 3.82. The Hall–Kier alpha value is -3.72. The molecule has 0 fully saturated rings. The molecular weight excluding hydrogens is 326 g/mol. The molecule has 0 amide bonds. The van der Waals surface area contributed by atoms with Gasteiger partial charge in [-0.1, -0.05) is 42.5 Å². The number of nitrogens with one attached hydrogen (secondary N) is 1. The van der Waals surface area contributed by atoms with Crippen molar-refractivity contribution in [3.8, 4) is 17.3 Å². The van der Waals surface area contributed by atoms with Crippen molar-refractivity contribution < 1.29 is 0 Å². The fraction of sp³-hybridized carbons (Fsp3) is 0.100. The van der Waals surface area contributed by atoms with Gasteiger partial charge < -0.3 is 0 Å². The summed E-state index contributed by atoms with van der Waals surface area (Å²) in [7, 11) is 0. The third-order valence-corrected chi connectivity index (χ3v) is 4.41. The zero-order chi connectivity index (χ0) is 18.1. The number of aromatic nitrogens is 4. The minimum atomic E-state index is -0.242. The number of aromatic amines is 1. The molecule has 6 heteroatoms. The maximum Gasteiger partial charge on any atom is 0.329 e. The number of nitrogens with zero attached hydrogens (tertiary/aromatic N) is 4. The van der Waals surface area contributed by atoms with Gasteiger partial charge in [-0.3, -0.25) is 9.55 Å². The second-order valence-electron chi connectivity index (χ2n) is 6.00. The fourth-order valence-corrected chi connectivity index (χ4v) is 2.99. The van der Waals surface area contributed by atoms with E-state index in [4.69, 9.17) is 5.26 Å². The Morgan fingerprint density at radius 2 is 1.85 bits per heavy atom. The number of rotatable bonds is 3. The van der Waals surface area contributed by atoms with Crippen molar-refractivity contribution in [3.63, 3.8) is 0 Å². The lowest BCUT2D eigenvalue weighted by atomic mass is 10.1. The SMILES string of the molecule is CC(c1ccccc1)n1c(=O)[nH]c2ncc(-c3ccc(C#N)cc3)nc21. The number of hydrogen-bond donors (Lipinski definition) is 1. The summed E-state index contributed by atoms with van der Waals surface area (Å²) in [5.74, 6) is 0. The Morgan fingerprint density at radius 3 is 2.54 bits per heavy atom. The molecule has 0 bridgehead atoms. The van der Waals surface area contributed by atoms with Crippen LogP contribution in [-0.4, -0.2) is 19.5 Å². The molecule has 0 saturated heterocycles. The quantitative estimate of drug-likeness (QED) is 0.619. The number of H-pyrrole nitrogens is 1. The molecule has 0 radical (unpaired) electrons. The third-order valence-electron chi connectivity index (χ3n) is 4.41. The Balaban J connectivity index is 1.85. The molecule has 0 aliphatic carbocycles. The van der Waals surface area contributed by atoms with Gasteiger partial charge >= 0.3 is 5.69 Å². The highest BCUT2D eigenvalue weighted by Crippen LogP contribution is 2.22. The van der Waals surface area contributed by atoms with Gasteiger partial charge in [0.25, 0.3) is 0 Å². The van der Waals surface area contributed by atoms with Gasteiger partial charge in [-0.05, 0) is 24.6 Å². The maximum atomic E-state index is 12.5. The average molecular weight is 341 g/mol. The molecule has 6 nitrogen and oxygen atoms in total. The molecule has 2 aromatic carbocycles. The lowest BCUT2D eigenvalue weighted by Gasteiger charge is -2.13. The van der Waals surface area contributed by atoms with Crippen LogP contribution in [-0.2, 0) is 0 Å². The van der Waals surface area contributed by atoms with E-state index in [1.54, 1.807) is 22.9 Å². The summed E-state index contributed by atoms with van der Waals surface area (Å²) in [5.41, 5.74) is 3.80.